The van der Waals surface area contributed by atoms with Crippen molar-refractivity contribution in [3.8, 4) is 0 Å². The van der Waals surface area contributed by atoms with E-state index in [0.717, 1.165) is 11.3 Å². The lowest BCUT2D eigenvalue weighted by Crippen LogP contribution is -2.47. The maximum Gasteiger partial charge on any atom is 0.252 e. The summed E-state index contributed by atoms with van der Waals surface area (Å²) in [5.41, 5.74) is 10.8. The van der Waals surface area contributed by atoms with Crippen molar-refractivity contribution < 1.29 is 17.9 Å². The van der Waals surface area contributed by atoms with E-state index in [4.69, 9.17) is 16.2 Å². The van der Waals surface area contributed by atoms with E-state index < -0.39 is 15.9 Å². The monoisotopic (exact) mass is 305 g/mol. The van der Waals surface area contributed by atoms with Gasteiger partial charge in [0.25, 0.3) is 10.0 Å². The SMILES string of the molecule is NC[C@@H]1CN(S(=O)(=O)c2cc(C(N)=O)cs2)CCO1. The number of amides is 1. The molecule has 0 radical (unpaired) electrons. The summed E-state index contributed by atoms with van der Waals surface area (Å²) < 4.78 is 31.5. The molecule has 1 aromatic rings. The van der Waals surface area contributed by atoms with Crippen LogP contribution in [0.15, 0.2) is 15.7 Å². The van der Waals surface area contributed by atoms with Crippen molar-refractivity contribution >= 4 is 27.3 Å². The topological polar surface area (TPSA) is 116 Å². The molecule has 4 N–H and O–H groups in total. The molecule has 1 aliphatic heterocycles. The average Bonchev–Trinajstić information content (AvgIpc) is 2.89. The van der Waals surface area contributed by atoms with Crippen LogP contribution in [0.5, 0.6) is 0 Å². The maximum absolute atomic E-state index is 12.4. The van der Waals surface area contributed by atoms with E-state index >= 15 is 0 Å². The van der Waals surface area contributed by atoms with Crippen LogP contribution in [0, 0.1) is 0 Å². The molecule has 0 spiro atoms. The zero-order chi connectivity index (χ0) is 14.0. The predicted octanol–water partition coefficient (Wildman–Crippen LogP) is -0.805. The number of ether oxygens (including phenoxy) is 1. The highest BCUT2D eigenvalue weighted by Crippen LogP contribution is 2.25. The minimum absolute atomic E-state index is 0.110. The van der Waals surface area contributed by atoms with Gasteiger partial charge in [-0.3, -0.25) is 4.79 Å². The van der Waals surface area contributed by atoms with E-state index in [9.17, 15) is 13.2 Å². The zero-order valence-corrected chi connectivity index (χ0v) is 11.7. The van der Waals surface area contributed by atoms with Crippen LogP contribution in [-0.2, 0) is 14.8 Å². The molecule has 1 aromatic heterocycles. The van der Waals surface area contributed by atoms with Gasteiger partial charge in [-0.05, 0) is 6.07 Å². The Kier molecular flexibility index (Phi) is 4.21. The van der Waals surface area contributed by atoms with Crippen molar-refractivity contribution in [3.05, 3.63) is 17.0 Å². The van der Waals surface area contributed by atoms with Gasteiger partial charge in [0.2, 0.25) is 5.91 Å². The third-order valence-corrected chi connectivity index (χ3v) is 6.10. The number of primary amides is 1. The summed E-state index contributed by atoms with van der Waals surface area (Å²) in [7, 11) is -3.61. The molecule has 1 saturated heterocycles. The van der Waals surface area contributed by atoms with Crippen LogP contribution in [-0.4, -0.2) is 51.0 Å². The van der Waals surface area contributed by atoms with E-state index in [1.165, 1.54) is 15.8 Å². The number of thiophene rings is 1. The second kappa shape index (κ2) is 5.55. The predicted molar refractivity (Wildman–Crippen MR) is 70.4 cm³/mol. The number of hydrogen-bond acceptors (Lipinski definition) is 6. The third kappa shape index (κ3) is 2.95. The van der Waals surface area contributed by atoms with Gasteiger partial charge >= 0.3 is 0 Å². The van der Waals surface area contributed by atoms with Crippen LogP contribution in [0.1, 0.15) is 10.4 Å². The molecule has 9 heteroatoms. The highest BCUT2D eigenvalue weighted by molar-refractivity contribution is 7.91. The van der Waals surface area contributed by atoms with Gasteiger partial charge < -0.3 is 16.2 Å². The van der Waals surface area contributed by atoms with Crippen LogP contribution < -0.4 is 11.5 Å². The fourth-order valence-corrected chi connectivity index (χ4v) is 4.54. The molecule has 19 heavy (non-hydrogen) atoms. The quantitative estimate of drug-likeness (QED) is 0.755. The lowest BCUT2D eigenvalue weighted by molar-refractivity contribution is 0.00456. The summed E-state index contributed by atoms with van der Waals surface area (Å²) >= 11 is 0.985. The van der Waals surface area contributed by atoms with Gasteiger partial charge in [0.05, 0.1) is 18.3 Å². The van der Waals surface area contributed by atoms with E-state index in [0.29, 0.717) is 6.61 Å². The second-order valence-corrected chi connectivity index (χ2v) is 7.19. The van der Waals surface area contributed by atoms with Crippen molar-refractivity contribution in [2.24, 2.45) is 11.5 Å². The molecule has 0 unspecified atom stereocenters. The largest absolute Gasteiger partial charge is 0.374 e. The van der Waals surface area contributed by atoms with Crippen LogP contribution in [0.2, 0.25) is 0 Å². The van der Waals surface area contributed by atoms with Crippen molar-refractivity contribution in [1.29, 1.82) is 0 Å². The molecule has 106 valence electrons. The number of hydrogen-bond donors (Lipinski definition) is 2. The van der Waals surface area contributed by atoms with Gasteiger partial charge in [0, 0.05) is 25.0 Å². The van der Waals surface area contributed by atoms with Crippen molar-refractivity contribution in [2.45, 2.75) is 10.3 Å². The standard InChI is InChI=1S/C10H15N3O4S2/c11-4-8-5-13(1-2-17-8)19(15,16)9-3-7(6-18-9)10(12)14/h3,6,8H,1-2,4-5,11H2,(H2,12,14)/t8-/m1/s1. The lowest BCUT2D eigenvalue weighted by Gasteiger charge is -2.31. The molecular formula is C10H15N3O4S2. The van der Waals surface area contributed by atoms with Gasteiger partial charge in [-0.25, -0.2) is 8.42 Å². The van der Waals surface area contributed by atoms with E-state index in [2.05, 4.69) is 0 Å². The van der Waals surface area contributed by atoms with E-state index in [1.807, 2.05) is 0 Å². The number of sulfonamides is 1. The van der Waals surface area contributed by atoms with Crippen molar-refractivity contribution in [2.75, 3.05) is 26.2 Å². The molecule has 0 saturated carbocycles. The molecule has 2 heterocycles. The number of carbonyl (C=O) groups is 1. The highest BCUT2D eigenvalue weighted by atomic mass is 32.2. The lowest BCUT2D eigenvalue weighted by atomic mass is 10.3. The molecule has 1 atom stereocenters. The van der Waals surface area contributed by atoms with Crippen LogP contribution in [0.25, 0.3) is 0 Å². The third-order valence-electron chi connectivity index (χ3n) is 2.82. The normalized spacial score (nSPS) is 21.4. The Morgan fingerprint density at radius 2 is 2.32 bits per heavy atom. The van der Waals surface area contributed by atoms with Crippen LogP contribution >= 0.6 is 11.3 Å². The minimum atomic E-state index is -3.61. The first kappa shape index (κ1) is 14.4. The van der Waals surface area contributed by atoms with Gasteiger partial charge in [-0.2, -0.15) is 4.31 Å². The van der Waals surface area contributed by atoms with Crippen molar-refractivity contribution in [3.63, 3.8) is 0 Å². The molecule has 0 aliphatic carbocycles. The number of carbonyl (C=O) groups excluding carboxylic acids is 1. The molecule has 2 rings (SSSR count). The Balaban J connectivity index is 2.23. The molecular weight excluding hydrogens is 290 g/mol. The number of nitrogens with zero attached hydrogens (tertiary/aromatic N) is 1. The van der Waals surface area contributed by atoms with Gasteiger partial charge in [-0.1, -0.05) is 0 Å². The van der Waals surface area contributed by atoms with E-state index in [-0.39, 0.29) is 35.5 Å². The summed E-state index contributed by atoms with van der Waals surface area (Å²) in [4.78, 5) is 11.0. The Hall–Kier alpha value is -1.00. The van der Waals surface area contributed by atoms with Crippen molar-refractivity contribution in [1.82, 2.24) is 4.31 Å². The highest BCUT2D eigenvalue weighted by Gasteiger charge is 2.31. The van der Waals surface area contributed by atoms with Gasteiger partial charge in [0.1, 0.15) is 4.21 Å². The Morgan fingerprint density at radius 1 is 1.58 bits per heavy atom. The maximum atomic E-state index is 12.4. The first-order valence-electron chi connectivity index (χ1n) is 5.65. The molecule has 0 bridgehead atoms. The summed E-state index contributed by atoms with van der Waals surface area (Å²) in [5, 5.41) is 1.44. The molecule has 0 aromatic carbocycles. The van der Waals surface area contributed by atoms with E-state index in [1.54, 1.807) is 0 Å². The summed E-state index contributed by atoms with van der Waals surface area (Å²) in [6.07, 6.45) is -0.293. The minimum Gasteiger partial charge on any atom is -0.374 e. The van der Waals surface area contributed by atoms with Gasteiger partial charge in [-0.15, -0.1) is 11.3 Å². The smallest absolute Gasteiger partial charge is 0.252 e. The molecule has 7 nitrogen and oxygen atoms in total. The second-order valence-electron chi connectivity index (χ2n) is 4.11. The summed E-state index contributed by atoms with van der Waals surface area (Å²) in [5.74, 6) is -0.639. The van der Waals surface area contributed by atoms with Crippen LogP contribution in [0.3, 0.4) is 0 Å². The summed E-state index contributed by atoms with van der Waals surface area (Å²) in [6, 6.07) is 1.30. The van der Waals surface area contributed by atoms with Gasteiger partial charge in [0.15, 0.2) is 0 Å². The summed E-state index contributed by atoms with van der Waals surface area (Å²) in [6.45, 7) is 1.09. The first-order chi connectivity index (χ1) is 8.95. The Morgan fingerprint density at radius 3 is 2.89 bits per heavy atom. The zero-order valence-electron chi connectivity index (χ0n) is 10.1. The average molecular weight is 305 g/mol. The fraction of sp³-hybridized carbons (Fsp3) is 0.500. The molecule has 1 amide bonds. The van der Waals surface area contributed by atoms with Crippen LogP contribution in [0.4, 0.5) is 0 Å². The Bertz CT molecular complexity index is 569. The molecule has 1 aliphatic rings. The number of nitrogens with two attached hydrogens (primary N) is 2. The fourth-order valence-electron chi connectivity index (χ4n) is 1.76. The number of morpholine rings is 1. The molecule has 1 fully saturated rings. The number of rotatable bonds is 4. The Labute approximate surface area is 115 Å². The first-order valence-corrected chi connectivity index (χ1v) is 7.97.